The van der Waals surface area contributed by atoms with Gasteiger partial charge in [-0.25, -0.2) is 0 Å². The van der Waals surface area contributed by atoms with Crippen LogP contribution in [0.5, 0.6) is 0 Å². The summed E-state index contributed by atoms with van der Waals surface area (Å²) in [5, 5.41) is 107. The number of unbranched alkanes of at least 4 members (excludes halogenated alkanes) is 3. The molecule has 0 fully saturated rings. The molecule has 0 saturated carbocycles. The second kappa shape index (κ2) is 31.1. The van der Waals surface area contributed by atoms with Gasteiger partial charge in [-0.2, -0.15) is 0 Å². The van der Waals surface area contributed by atoms with Crippen LogP contribution in [0.1, 0.15) is 66.2 Å². The molecule has 2 unspecified atom stereocenters. The zero-order valence-electron chi connectivity index (χ0n) is 36.3. The van der Waals surface area contributed by atoms with Crippen molar-refractivity contribution in [2.24, 2.45) is 10.8 Å². The third kappa shape index (κ3) is 27.3. The van der Waals surface area contributed by atoms with Crippen LogP contribution in [0.25, 0.3) is 0 Å². The third-order valence-corrected chi connectivity index (χ3v) is 9.01. The van der Waals surface area contributed by atoms with Gasteiger partial charge in [0.2, 0.25) is 11.8 Å². The predicted molar refractivity (Wildman–Crippen MR) is 246 cm³/mol. The van der Waals surface area contributed by atoms with Crippen LogP contribution in [-0.4, -0.2) is 130 Å². The first-order valence-electron chi connectivity index (χ1n) is 19.9. The van der Waals surface area contributed by atoms with Gasteiger partial charge in [-0.05, 0) is 61.4 Å². The summed E-state index contributed by atoms with van der Waals surface area (Å²) in [5.41, 5.74) is -0.455. The van der Waals surface area contributed by atoms with Crippen LogP contribution >= 0.6 is 23.2 Å². The number of hydrogen-bond donors (Lipinski definition) is 18. The van der Waals surface area contributed by atoms with E-state index in [1.807, 2.05) is 0 Å². The third-order valence-electron chi connectivity index (χ3n) is 8.50. The molecule has 64 heavy (non-hydrogen) atoms. The second-order valence-corrected chi connectivity index (χ2v) is 16.1. The Balaban J connectivity index is 0.00000109. The van der Waals surface area contributed by atoms with Crippen LogP contribution in [0.4, 0.5) is 11.4 Å². The molecule has 0 saturated heterocycles. The average molecular weight is 944 g/mol. The summed E-state index contributed by atoms with van der Waals surface area (Å²) in [6, 6.07) is 13.9. The lowest BCUT2D eigenvalue weighted by Gasteiger charge is -2.26. The predicted octanol–water partition coefficient (Wildman–Crippen LogP) is 2.09. The Hall–Kier alpha value is -5.78. The molecule has 2 atom stereocenters. The first-order chi connectivity index (χ1) is 29.9. The number of carboxylic acids is 2. The molecule has 18 N–H and O–H groups in total. The van der Waals surface area contributed by atoms with Crippen LogP contribution in [0.15, 0.2) is 48.5 Å². The van der Waals surface area contributed by atoms with Crippen molar-refractivity contribution in [1.29, 1.82) is 21.6 Å². The number of hydrogen-bond acceptors (Lipinski definition) is 12. The number of aliphatic hydroxyl groups is 4. The van der Waals surface area contributed by atoms with Gasteiger partial charge >= 0.3 is 11.9 Å². The van der Waals surface area contributed by atoms with Gasteiger partial charge in [0, 0.05) is 58.4 Å². The monoisotopic (exact) mass is 942 g/mol. The lowest BCUT2D eigenvalue weighted by atomic mass is 9.87. The lowest BCUT2D eigenvalue weighted by molar-refractivity contribution is -0.140. The lowest BCUT2D eigenvalue weighted by Crippen LogP contribution is -2.45. The molecule has 0 heterocycles. The van der Waals surface area contributed by atoms with Gasteiger partial charge in [0.15, 0.2) is 23.8 Å². The fourth-order valence-electron chi connectivity index (χ4n) is 4.45. The van der Waals surface area contributed by atoms with Crippen LogP contribution in [0.2, 0.25) is 10.0 Å². The Morgan fingerprint density at radius 3 is 1.12 bits per heavy atom. The molecule has 0 aliphatic carbocycles. The van der Waals surface area contributed by atoms with Crippen molar-refractivity contribution in [1.82, 2.24) is 31.9 Å². The molecule has 2 aromatic rings. The van der Waals surface area contributed by atoms with E-state index in [0.717, 1.165) is 25.7 Å². The molecule has 0 bridgehead atoms. The molecule has 358 valence electrons. The number of aliphatic hydroxyl groups excluding tert-OH is 4. The highest BCUT2D eigenvalue weighted by Crippen LogP contribution is 2.20. The fourth-order valence-corrected chi connectivity index (χ4v) is 4.70. The van der Waals surface area contributed by atoms with E-state index in [2.05, 4.69) is 42.5 Å². The molecule has 2 aromatic carbocycles. The zero-order chi connectivity index (χ0) is 48.9. The van der Waals surface area contributed by atoms with Gasteiger partial charge in [0.1, 0.15) is 12.2 Å². The molecule has 0 spiro atoms. The quantitative estimate of drug-likeness (QED) is 0.0484. The molecular weight excluding hydrogens is 879 g/mol. The minimum absolute atomic E-state index is 0.00148. The smallest absolute Gasteiger partial charge is 0.305 e. The van der Waals surface area contributed by atoms with Gasteiger partial charge in [-0.15, -0.1) is 0 Å². The summed E-state index contributed by atoms with van der Waals surface area (Å²) in [4.78, 5) is 42.8. The van der Waals surface area contributed by atoms with E-state index in [1.165, 1.54) is 27.7 Å². The maximum absolute atomic E-state index is 11.3. The highest BCUT2D eigenvalue weighted by Gasteiger charge is 2.33. The Morgan fingerprint density at radius 1 is 0.531 bits per heavy atom. The van der Waals surface area contributed by atoms with E-state index >= 15 is 0 Å². The van der Waals surface area contributed by atoms with Crippen LogP contribution in [-0.2, 0) is 19.2 Å². The van der Waals surface area contributed by atoms with E-state index in [-0.39, 0.29) is 63.0 Å². The largest absolute Gasteiger partial charge is 0.481 e. The normalized spacial score (nSPS) is 11.6. The second-order valence-electron chi connectivity index (χ2n) is 15.2. The fraction of sp³-hybridized carbons (Fsp3) is 0.500. The minimum atomic E-state index is -1.35. The first kappa shape index (κ1) is 58.2. The number of benzene rings is 2. The number of rotatable bonds is 21. The number of nitrogens with one attached hydrogen (secondary N) is 12. The molecule has 0 aromatic heterocycles. The van der Waals surface area contributed by atoms with E-state index < -0.39 is 46.8 Å². The molecule has 2 rings (SSSR count). The topological polar surface area (TPSA) is 381 Å². The molecular formula is C40H64Cl2N12O10. The van der Waals surface area contributed by atoms with Gasteiger partial charge in [0.25, 0.3) is 0 Å². The van der Waals surface area contributed by atoms with E-state index in [9.17, 15) is 29.4 Å². The van der Waals surface area contributed by atoms with Crippen molar-refractivity contribution >= 4 is 82.2 Å². The van der Waals surface area contributed by atoms with Crippen molar-refractivity contribution in [2.75, 3.05) is 50.0 Å². The maximum atomic E-state index is 11.3. The Bertz CT molecular complexity index is 1670. The Kier molecular flexibility index (Phi) is 28.3. The maximum Gasteiger partial charge on any atom is 0.305 e. The number of halogens is 2. The van der Waals surface area contributed by atoms with E-state index in [0.29, 0.717) is 34.5 Å². The zero-order valence-corrected chi connectivity index (χ0v) is 37.8. The Labute approximate surface area is 382 Å². The number of anilines is 2. The van der Waals surface area contributed by atoms with Crippen molar-refractivity contribution in [3.8, 4) is 0 Å². The number of amides is 2. The van der Waals surface area contributed by atoms with Gasteiger partial charge in [-0.1, -0.05) is 63.7 Å². The molecule has 22 nitrogen and oxygen atoms in total. The van der Waals surface area contributed by atoms with Crippen LogP contribution in [0.3, 0.4) is 0 Å². The van der Waals surface area contributed by atoms with Crippen molar-refractivity contribution < 1.29 is 49.8 Å². The SMILES string of the molecule is CC(C)(CO)C(O)C(=O)NCCC(=O)O.CC(C)(CO)C(O)C(=O)NCCC(=O)O.N=C(NCCCCCCNC(=N)NC(=N)Nc1ccc(Cl)cc1)NC(=N)Nc1ccc(Cl)cc1. The van der Waals surface area contributed by atoms with Crippen LogP contribution in [0, 0.1) is 32.5 Å². The average Bonchev–Trinajstić information content (AvgIpc) is 3.22. The summed E-state index contributed by atoms with van der Waals surface area (Å²) in [5.74, 6) is -3.27. The molecule has 24 heteroatoms. The number of carbonyl (C=O) groups is 4. The number of aliphatic carboxylic acids is 2. The van der Waals surface area contributed by atoms with Gasteiger partial charge in [-0.3, -0.25) is 51.4 Å². The number of carboxylic acid groups (broad SMARTS) is 2. The summed E-state index contributed by atoms with van der Waals surface area (Å²) in [6.45, 7) is 6.66. The summed E-state index contributed by atoms with van der Waals surface area (Å²) in [6.07, 6.45) is 0.609. The first-order valence-corrected chi connectivity index (χ1v) is 20.7. The summed E-state index contributed by atoms with van der Waals surface area (Å²) in [7, 11) is 0. The molecule has 0 radical (unpaired) electrons. The summed E-state index contributed by atoms with van der Waals surface area (Å²) < 4.78 is 0. The van der Waals surface area contributed by atoms with E-state index in [1.54, 1.807) is 48.5 Å². The van der Waals surface area contributed by atoms with Crippen molar-refractivity contribution in [3.63, 3.8) is 0 Å². The van der Waals surface area contributed by atoms with Gasteiger partial charge in [0.05, 0.1) is 26.1 Å². The highest BCUT2D eigenvalue weighted by molar-refractivity contribution is 6.31. The molecule has 0 aliphatic heterocycles. The number of guanidine groups is 4. The van der Waals surface area contributed by atoms with E-state index in [4.69, 9.17) is 65.3 Å². The standard InChI is InChI=1S/C22H30Cl2N10.2C9H17NO5/c23-15-5-9-17(10-6-15)31-21(27)33-19(25)29-13-3-1-2-4-14-30-20(26)34-22(28)32-18-11-7-16(24)8-12-18;2*1-9(2,5-11)7(14)8(15)10-4-3-6(12)13/h5-12H,1-4,13-14H2,(H5,25,27,29,31,33)(H5,26,28,30,32,34);2*7,11,14H,3-5H2,1-2H3,(H,10,15)(H,12,13). The summed E-state index contributed by atoms with van der Waals surface area (Å²) >= 11 is 11.7. The minimum Gasteiger partial charge on any atom is -0.481 e. The highest BCUT2D eigenvalue weighted by atomic mass is 35.5. The van der Waals surface area contributed by atoms with Crippen LogP contribution < -0.4 is 42.5 Å². The number of carbonyl (C=O) groups excluding carboxylic acids is 2. The van der Waals surface area contributed by atoms with Gasteiger partial charge < -0.3 is 62.5 Å². The molecule has 0 aliphatic rings. The van der Waals surface area contributed by atoms with Crippen molar-refractivity contribution in [3.05, 3.63) is 58.6 Å². The Morgan fingerprint density at radius 2 is 0.844 bits per heavy atom. The van der Waals surface area contributed by atoms with Crippen molar-refractivity contribution in [2.45, 2.75) is 78.4 Å². The molecule has 2 amide bonds.